The van der Waals surface area contributed by atoms with Gasteiger partial charge in [-0.05, 0) is 37.6 Å². The minimum absolute atomic E-state index is 0. The highest BCUT2D eigenvalue weighted by Crippen LogP contribution is 2.10. The Bertz CT molecular complexity index is 371. The zero-order chi connectivity index (χ0) is 13.4. The molecule has 0 aliphatic heterocycles. The SMILES string of the molecule is CC(N)CCNC(=O)CCOc1ccc(F)cc1.Cl. The van der Waals surface area contributed by atoms with Crippen LogP contribution >= 0.6 is 12.4 Å². The first kappa shape index (κ1) is 17.7. The smallest absolute Gasteiger partial charge is 0.223 e. The highest BCUT2D eigenvalue weighted by molar-refractivity contribution is 5.85. The number of hydrogen-bond acceptors (Lipinski definition) is 3. The quantitative estimate of drug-likeness (QED) is 0.806. The molecule has 0 heterocycles. The molecule has 1 amide bonds. The van der Waals surface area contributed by atoms with E-state index < -0.39 is 0 Å². The van der Waals surface area contributed by atoms with Crippen LogP contribution in [-0.4, -0.2) is 25.1 Å². The van der Waals surface area contributed by atoms with Crippen LogP contribution in [0.15, 0.2) is 24.3 Å². The van der Waals surface area contributed by atoms with Crippen molar-refractivity contribution in [2.24, 2.45) is 5.73 Å². The maximum absolute atomic E-state index is 12.6. The fourth-order valence-electron chi connectivity index (χ4n) is 1.32. The van der Waals surface area contributed by atoms with Gasteiger partial charge >= 0.3 is 0 Å². The summed E-state index contributed by atoms with van der Waals surface area (Å²) in [6.45, 7) is 2.74. The summed E-state index contributed by atoms with van der Waals surface area (Å²) < 4.78 is 17.9. The van der Waals surface area contributed by atoms with Crippen LogP contribution in [0.25, 0.3) is 0 Å². The maximum Gasteiger partial charge on any atom is 0.223 e. The average molecular weight is 291 g/mol. The number of carbonyl (C=O) groups excluding carboxylic acids is 1. The van der Waals surface area contributed by atoms with E-state index in [2.05, 4.69) is 5.32 Å². The number of ether oxygens (including phenoxy) is 1. The Labute approximate surface area is 118 Å². The van der Waals surface area contributed by atoms with Gasteiger partial charge in [-0.2, -0.15) is 0 Å². The Balaban J connectivity index is 0.00000324. The van der Waals surface area contributed by atoms with E-state index >= 15 is 0 Å². The molecule has 108 valence electrons. The maximum atomic E-state index is 12.6. The molecular weight excluding hydrogens is 271 g/mol. The second-order valence-electron chi connectivity index (χ2n) is 4.17. The van der Waals surface area contributed by atoms with Gasteiger partial charge in [-0.25, -0.2) is 4.39 Å². The predicted octanol–water partition coefficient (Wildman–Crippen LogP) is 1.87. The van der Waals surface area contributed by atoms with Crippen molar-refractivity contribution in [3.8, 4) is 5.75 Å². The molecule has 0 saturated carbocycles. The highest BCUT2D eigenvalue weighted by atomic mass is 35.5. The molecular formula is C13H20ClFN2O2. The van der Waals surface area contributed by atoms with E-state index in [0.29, 0.717) is 12.3 Å². The molecule has 19 heavy (non-hydrogen) atoms. The van der Waals surface area contributed by atoms with Crippen LogP contribution in [0, 0.1) is 5.82 Å². The molecule has 1 aromatic carbocycles. The molecule has 0 aromatic heterocycles. The summed E-state index contributed by atoms with van der Waals surface area (Å²) in [6, 6.07) is 5.78. The number of nitrogens with two attached hydrogens (primary N) is 1. The first-order valence-corrected chi connectivity index (χ1v) is 5.98. The van der Waals surface area contributed by atoms with Gasteiger partial charge in [-0.15, -0.1) is 12.4 Å². The fraction of sp³-hybridized carbons (Fsp3) is 0.462. The van der Waals surface area contributed by atoms with Crippen LogP contribution in [0.4, 0.5) is 4.39 Å². The van der Waals surface area contributed by atoms with Gasteiger partial charge < -0.3 is 15.8 Å². The third kappa shape index (κ3) is 8.40. The number of nitrogens with one attached hydrogen (secondary N) is 1. The third-order valence-corrected chi connectivity index (χ3v) is 2.33. The van der Waals surface area contributed by atoms with Gasteiger partial charge in [-0.3, -0.25) is 4.79 Å². The van der Waals surface area contributed by atoms with E-state index in [9.17, 15) is 9.18 Å². The predicted molar refractivity (Wildman–Crippen MR) is 75.0 cm³/mol. The summed E-state index contributed by atoms with van der Waals surface area (Å²) in [7, 11) is 0. The Morgan fingerprint density at radius 1 is 1.42 bits per heavy atom. The lowest BCUT2D eigenvalue weighted by Gasteiger charge is -2.08. The molecule has 1 rings (SSSR count). The van der Waals surface area contributed by atoms with Gasteiger partial charge in [0, 0.05) is 12.6 Å². The van der Waals surface area contributed by atoms with E-state index in [1.165, 1.54) is 24.3 Å². The molecule has 0 bridgehead atoms. The van der Waals surface area contributed by atoms with Crippen molar-refractivity contribution in [1.82, 2.24) is 5.32 Å². The topological polar surface area (TPSA) is 64.3 Å². The zero-order valence-electron chi connectivity index (χ0n) is 10.9. The van der Waals surface area contributed by atoms with E-state index in [4.69, 9.17) is 10.5 Å². The summed E-state index contributed by atoms with van der Waals surface area (Å²) in [5.41, 5.74) is 5.56. The normalized spacial score (nSPS) is 11.3. The standard InChI is InChI=1S/C13H19FN2O2.ClH/c1-10(15)6-8-16-13(17)7-9-18-12-4-2-11(14)3-5-12;/h2-5,10H,6-9,15H2,1H3,(H,16,17);1H. The van der Waals surface area contributed by atoms with Gasteiger partial charge in [-0.1, -0.05) is 0 Å². The molecule has 0 spiro atoms. The van der Waals surface area contributed by atoms with E-state index in [-0.39, 0.29) is 43.2 Å². The summed E-state index contributed by atoms with van der Waals surface area (Å²) in [4.78, 5) is 11.4. The van der Waals surface area contributed by atoms with E-state index in [1.54, 1.807) is 0 Å². The van der Waals surface area contributed by atoms with Crippen LogP contribution < -0.4 is 15.8 Å². The molecule has 1 atom stereocenters. The lowest BCUT2D eigenvalue weighted by molar-refractivity contribution is -0.121. The van der Waals surface area contributed by atoms with Crippen LogP contribution in [0.5, 0.6) is 5.75 Å². The Kier molecular flexibility index (Phi) is 8.91. The molecule has 1 aromatic rings. The second-order valence-corrected chi connectivity index (χ2v) is 4.17. The Morgan fingerprint density at radius 3 is 2.63 bits per heavy atom. The first-order valence-electron chi connectivity index (χ1n) is 5.98. The van der Waals surface area contributed by atoms with E-state index in [1.807, 2.05) is 6.92 Å². The number of amides is 1. The van der Waals surface area contributed by atoms with Crippen molar-refractivity contribution in [1.29, 1.82) is 0 Å². The molecule has 0 saturated heterocycles. The van der Waals surface area contributed by atoms with Gasteiger partial charge in [0.25, 0.3) is 0 Å². The summed E-state index contributed by atoms with van der Waals surface area (Å²) >= 11 is 0. The molecule has 6 heteroatoms. The van der Waals surface area contributed by atoms with Gasteiger partial charge in [0.2, 0.25) is 5.91 Å². The molecule has 4 nitrogen and oxygen atoms in total. The first-order chi connectivity index (χ1) is 8.58. The average Bonchev–Trinajstić information content (AvgIpc) is 2.31. The number of rotatable bonds is 7. The molecule has 3 N–H and O–H groups in total. The van der Waals surface area contributed by atoms with Crippen molar-refractivity contribution in [3.63, 3.8) is 0 Å². The third-order valence-electron chi connectivity index (χ3n) is 2.33. The van der Waals surface area contributed by atoms with Crippen molar-refractivity contribution >= 4 is 18.3 Å². The molecule has 0 fully saturated rings. The van der Waals surface area contributed by atoms with Gasteiger partial charge in [0.15, 0.2) is 0 Å². The summed E-state index contributed by atoms with van der Waals surface area (Å²) in [5.74, 6) is 0.175. The monoisotopic (exact) mass is 290 g/mol. The number of benzene rings is 1. The van der Waals surface area contributed by atoms with E-state index in [0.717, 1.165) is 6.42 Å². The van der Waals surface area contributed by atoms with Crippen molar-refractivity contribution in [3.05, 3.63) is 30.1 Å². The number of hydrogen-bond donors (Lipinski definition) is 2. The van der Waals surface area contributed by atoms with Crippen LogP contribution in [-0.2, 0) is 4.79 Å². The van der Waals surface area contributed by atoms with Gasteiger partial charge in [0.1, 0.15) is 11.6 Å². The second kappa shape index (κ2) is 9.58. The minimum Gasteiger partial charge on any atom is -0.493 e. The highest BCUT2D eigenvalue weighted by Gasteiger charge is 2.02. The van der Waals surface area contributed by atoms with Crippen LogP contribution in [0.2, 0.25) is 0 Å². The fourth-order valence-corrected chi connectivity index (χ4v) is 1.32. The lowest BCUT2D eigenvalue weighted by atomic mass is 10.2. The summed E-state index contributed by atoms with van der Waals surface area (Å²) in [6.07, 6.45) is 1.03. The Morgan fingerprint density at radius 2 is 2.05 bits per heavy atom. The van der Waals surface area contributed by atoms with Crippen LogP contribution in [0.1, 0.15) is 19.8 Å². The minimum atomic E-state index is -0.309. The largest absolute Gasteiger partial charge is 0.493 e. The van der Waals surface area contributed by atoms with Crippen molar-refractivity contribution < 1.29 is 13.9 Å². The van der Waals surface area contributed by atoms with Gasteiger partial charge in [0.05, 0.1) is 13.0 Å². The van der Waals surface area contributed by atoms with Crippen molar-refractivity contribution in [2.75, 3.05) is 13.2 Å². The number of halogens is 2. The molecule has 0 aliphatic carbocycles. The lowest BCUT2D eigenvalue weighted by Crippen LogP contribution is -2.29. The van der Waals surface area contributed by atoms with Crippen LogP contribution in [0.3, 0.4) is 0 Å². The molecule has 0 aliphatic rings. The number of carbonyl (C=O) groups is 1. The molecule has 1 unspecified atom stereocenters. The molecule has 0 radical (unpaired) electrons. The summed E-state index contributed by atoms with van der Waals surface area (Å²) in [5, 5.41) is 2.75. The van der Waals surface area contributed by atoms with Crippen molar-refractivity contribution in [2.45, 2.75) is 25.8 Å². The Hall–Kier alpha value is -1.33. The zero-order valence-corrected chi connectivity index (χ0v) is 11.7.